The molecule has 14 nitrogen and oxygen atoms in total. The third kappa shape index (κ3) is 6.29. The van der Waals surface area contributed by atoms with Gasteiger partial charge in [-0.25, -0.2) is 9.08 Å². The number of aliphatic hydroxyl groups is 1. The molecule has 44 heavy (non-hydrogen) atoms. The summed E-state index contributed by atoms with van der Waals surface area (Å²) < 4.78 is 43.8. The maximum absolute atomic E-state index is 14.0. The van der Waals surface area contributed by atoms with Crippen molar-refractivity contribution >= 4 is 30.9 Å². The summed E-state index contributed by atoms with van der Waals surface area (Å²) in [5.74, 6) is -1.82. The highest BCUT2D eigenvalue weighted by Crippen LogP contribution is 2.51. The largest absolute Gasteiger partial charge is 0.465 e. The standard InChI is InChI=1S/C29H36N5O9P/c1-6-39-27(36)19(4)33-44(38,43-20-10-8-7-9-11-20)40-16-23-25(41-26(35)18(2)3)28(5,37)29(17-30,42-23)24-13-12-22-21(31)14-15-32-34(22)24/h7-15,18-19,23,25,37H,6,16,31H2,1-5H3,(H,33,38)/t19-,23+,25+,28+,29-,44?/m0/s1. The average Bonchev–Trinajstić information content (AvgIpc) is 3.50. The van der Waals surface area contributed by atoms with Crippen molar-refractivity contribution in [3.05, 3.63) is 60.4 Å². The zero-order chi connectivity index (χ0) is 32.3. The number of hydrogen-bond acceptors (Lipinski definition) is 12. The molecule has 0 saturated carbocycles. The zero-order valence-corrected chi connectivity index (χ0v) is 25.9. The van der Waals surface area contributed by atoms with E-state index in [4.69, 9.17) is 29.0 Å². The number of carbonyl (C=O) groups excluding carboxylic acids is 2. The molecule has 6 atom stereocenters. The van der Waals surface area contributed by atoms with Crippen LogP contribution in [0.15, 0.2) is 54.7 Å². The average molecular weight is 630 g/mol. The molecule has 1 unspecified atom stereocenters. The fourth-order valence-electron chi connectivity index (χ4n) is 4.80. The van der Waals surface area contributed by atoms with Crippen molar-refractivity contribution in [2.24, 2.45) is 5.92 Å². The van der Waals surface area contributed by atoms with Crippen molar-refractivity contribution in [1.29, 1.82) is 5.26 Å². The van der Waals surface area contributed by atoms with Gasteiger partial charge in [-0.3, -0.25) is 14.1 Å². The van der Waals surface area contributed by atoms with Crippen molar-refractivity contribution in [3.8, 4) is 11.8 Å². The third-order valence-electron chi connectivity index (χ3n) is 7.12. The van der Waals surface area contributed by atoms with Crippen LogP contribution in [0.2, 0.25) is 0 Å². The number of nitrogens with one attached hydrogen (secondary N) is 1. The summed E-state index contributed by atoms with van der Waals surface area (Å²) in [5.41, 5.74) is 2.67. The second-order valence-electron chi connectivity index (χ2n) is 10.7. The van der Waals surface area contributed by atoms with E-state index in [-0.39, 0.29) is 18.1 Å². The van der Waals surface area contributed by atoms with Crippen LogP contribution in [-0.2, 0) is 38.5 Å². The molecule has 1 aromatic carbocycles. The van der Waals surface area contributed by atoms with Crippen molar-refractivity contribution < 1.29 is 42.5 Å². The molecule has 0 aliphatic carbocycles. The highest BCUT2D eigenvalue weighted by molar-refractivity contribution is 7.52. The van der Waals surface area contributed by atoms with Crippen LogP contribution in [0, 0.1) is 17.2 Å². The number of benzene rings is 1. The Kier molecular flexibility index (Phi) is 9.68. The van der Waals surface area contributed by atoms with Crippen LogP contribution in [0.4, 0.5) is 5.69 Å². The van der Waals surface area contributed by atoms with E-state index in [1.807, 2.05) is 6.07 Å². The monoisotopic (exact) mass is 629 g/mol. The summed E-state index contributed by atoms with van der Waals surface area (Å²) >= 11 is 0. The molecular weight excluding hydrogens is 593 g/mol. The van der Waals surface area contributed by atoms with Crippen LogP contribution in [-0.4, -0.2) is 63.7 Å². The molecule has 0 radical (unpaired) electrons. The van der Waals surface area contributed by atoms with Gasteiger partial charge in [-0.15, -0.1) is 0 Å². The SMILES string of the molecule is CCOC(=O)[C@H](C)NP(=O)(OC[C@H]1O[C@@](C#N)(c2ccc3c(N)ccnn23)[C@](C)(O)[C@@H]1OC(=O)C(C)C)Oc1ccccc1. The smallest absolute Gasteiger partial charge is 0.459 e. The molecule has 4 N–H and O–H groups in total. The van der Waals surface area contributed by atoms with Crippen LogP contribution in [0.25, 0.3) is 5.52 Å². The quantitative estimate of drug-likeness (QED) is 0.195. The molecular formula is C29H36N5O9P. The number of nitrogens with two attached hydrogens (primary N) is 1. The highest BCUT2D eigenvalue weighted by atomic mass is 31.2. The number of carbonyl (C=O) groups is 2. The van der Waals surface area contributed by atoms with Crippen molar-refractivity contribution in [1.82, 2.24) is 14.7 Å². The van der Waals surface area contributed by atoms with Gasteiger partial charge < -0.3 is 29.6 Å². The molecule has 15 heteroatoms. The maximum atomic E-state index is 14.0. The molecule has 1 saturated heterocycles. The molecule has 3 aromatic rings. The number of hydrogen-bond donors (Lipinski definition) is 3. The Balaban J connectivity index is 1.73. The minimum Gasteiger partial charge on any atom is -0.465 e. The summed E-state index contributed by atoms with van der Waals surface area (Å²) in [6.45, 7) is 7.03. The molecule has 1 aliphatic heterocycles. The zero-order valence-electron chi connectivity index (χ0n) is 25.0. The number of aromatic nitrogens is 2. The number of anilines is 1. The van der Waals surface area contributed by atoms with E-state index >= 15 is 0 Å². The number of para-hydroxylation sites is 1. The van der Waals surface area contributed by atoms with Gasteiger partial charge in [0.2, 0.25) is 5.60 Å². The predicted octanol–water partition coefficient (Wildman–Crippen LogP) is 3.10. The minimum atomic E-state index is -4.37. The molecule has 2 aromatic heterocycles. The van der Waals surface area contributed by atoms with Gasteiger partial charge in [-0.2, -0.15) is 15.4 Å². The number of nitriles is 1. The van der Waals surface area contributed by atoms with E-state index in [2.05, 4.69) is 10.2 Å². The Morgan fingerprint density at radius 1 is 1.20 bits per heavy atom. The fraction of sp³-hybridized carbons (Fsp3) is 0.448. The van der Waals surface area contributed by atoms with Crippen LogP contribution >= 0.6 is 7.75 Å². The Morgan fingerprint density at radius 2 is 1.91 bits per heavy atom. The van der Waals surface area contributed by atoms with Crippen LogP contribution in [0.5, 0.6) is 5.75 Å². The summed E-state index contributed by atoms with van der Waals surface area (Å²) in [4.78, 5) is 25.2. The Morgan fingerprint density at radius 3 is 2.55 bits per heavy atom. The first kappa shape index (κ1) is 32.9. The number of esters is 2. The van der Waals surface area contributed by atoms with E-state index in [0.717, 1.165) is 0 Å². The number of nitrogens with zero attached hydrogens (tertiary/aromatic N) is 3. The van der Waals surface area contributed by atoms with Gasteiger partial charge in [-0.1, -0.05) is 32.0 Å². The molecule has 0 bridgehead atoms. The predicted molar refractivity (Wildman–Crippen MR) is 157 cm³/mol. The number of rotatable bonds is 12. The van der Waals surface area contributed by atoms with Crippen LogP contribution in [0.1, 0.15) is 40.3 Å². The van der Waals surface area contributed by atoms with E-state index in [1.165, 1.54) is 42.8 Å². The summed E-state index contributed by atoms with van der Waals surface area (Å²) in [5, 5.41) is 29.4. The summed E-state index contributed by atoms with van der Waals surface area (Å²) in [6.07, 6.45) is -1.42. The second-order valence-corrected chi connectivity index (χ2v) is 12.4. The third-order valence-corrected chi connectivity index (χ3v) is 8.77. The van der Waals surface area contributed by atoms with Crippen molar-refractivity contribution in [2.75, 3.05) is 18.9 Å². The molecule has 1 aliphatic rings. The first-order chi connectivity index (χ1) is 20.8. The second kappa shape index (κ2) is 12.9. The number of fused-ring (bicyclic) bond motifs is 1. The van der Waals surface area contributed by atoms with Gasteiger partial charge in [0.1, 0.15) is 29.6 Å². The molecule has 0 amide bonds. The maximum Gasteiger partial charge on any atom is 0.459 e. The van der Waals surface area contributed by atoms with Gasteiger partial charge in [-0.05, 0) is 51.1 Å². The Labute approximate surface area is 254 Å². The van der Waals surface area contributed by atoms with E-state index < -0.39 is 61.7 Å². The summed E-state index contributed by atoms with van der Waals surface area (Å²) in [6, 6.07) is 13.7. The van der Waals surface area contributed by atoms with E-state index in [9.17, 15) is 24.5 Å². The Bertz CT molecular complexity index is 1590. The lowest BCUT2D eigenvalue weighted by atomic mass is 9.80. The number of ether oxygens (including phenoxy) is 3. The number of nitrogen functional groups attached to an aromatic ring is 1. The van der Waals surface area contributed by atoms with Gasteiger partial charge in [0.15, 0.2) is 6.10 Å². The van der Waals surface area contributed by atoms with Crippen LogP contribution in [0.3, 0.4) is 0 Å². The van der Waals surface area contributed by atoms with E-state index in [1.54, 1.807) is 51.1 Å². The molecule has 0 spiro atoms. The minimum absolute atomic E-state index is 0.0919. The lowest BCUT2D eigenvalue weighted by Crippen LogP contribution is -2.54. The summed E-state index contributed by atoms with van der Waals surface area (Å²) in [7, 11) is -4.37. The normalized spacial score (nSPS) is 25.2. The molecule has 236 valence electrons. The fourth-order valence-corrected chi connectivity index (χ4v) is 6.31. The lowest BCUT2D eigenvalue weighted by Gasteiger charge is -2.34. The first-order valence-corrected chi connectivity index (χ1v) is 15.5. The Hall–Kier alpha value is -3.99. The van der Waals surface area contributed by atoms with Crippen molar-refractivity contribution in [2.45, 2.75) is 64.1 Å². The topological polar surface area (TPSA) is 197 Å². The first-order valence-electron chi connectivity index (χ1n) is 14.0. The van der Waals surface area contributed by atoms with Gasteiger partial charge in [0.25, 0.3) is 0 Å². The molecule has 1 fully saturated rings. The van der Waals surface area contributed by atoms with Gasteiger partial charge in [0, 0.05) is 6.20 Å². The van der Waals surface area contributed by atoms with Crippen LogP contribution < -0.4 is 15.3 Å². The van der Waals surface area contributed by atoms with E-state index in [0.29, 0.717) is 11.2 Å². The van der Waals surface area contributed by atoms with Gasteiger partial charge >= 0.3 is 19.7 Å². The highest BCUT2D eigenvalue weighted by Gasteiger charge is 2.67. The van der Waals surface area contributed by atoms with Crippen molar-refractivity contribution in [3.63, 3.8) is 0 Å². The molecule has 3 heterocycles. The molecule has 4 rings (SSSR count). The van der Waals surface area contributed by atoms with Gasteiger partial charge in [0.05, 0.1) is 36.0 Å². The lowest BCUT2D eigenvalue weighted by molar-refractivity contribution is -0.168.